The smallest absolute Gasteiger partial charge is 0.00838 e. The molecule has 0 nitrogen and oxygen atoms in total. The first-order chi connectivity index (χ1) is 13.7. The molecule has 1 aliphatic carbocycles. The molecule has 1 aromatic carbocycles. The molecule has 1 aliphatic rings. The first kappa shape index (κ1) is 23.8. The molecule has 1 atom stereocenters. The Bertz CT molecular complexity index is 818. The van der Waals surface area contributed by atoms with Crippen LogP contribution in [0.5, 0.6) is 0 Å². The van der Waals surface area contributed by atoms with Gasteiger partial charge in [0.25, 0.3) is 0 Å². The molecule has 1 fully saturated rings. The quantitative estimate of drug-likeness (QED) is 0.306. The van der Waals surface area contributed by atoms with E-state index in [4.69, 9.17) is 0 Å². The highest BCUT2D eigenvalue weighted by Crippen LogP contribution is 2.36. The van der Waals surface area contributed by atoms with Crippen molar-refractivity contribution in [3.05, 3.63) is 74.7 Å². The molecule has 1 aromatic rings. The summed E-state index contributed by atoms with van der Waals surface area (Å²) in [6.45, 7) is 17.5. The van der Waals surface area contributed by atoms with Gasteiger partial charge in [-0.05, 0) is 113 Å². The highest BCUT2D eigenvalue weighted by atomic mass is 32.1. The predicted molar refractivity (Wildman–Crippen MR) is 135 cm³/mol. The molecule has 0 saturated heterocycles. The molecule has 0 amide bonds. The zero-order valence-electron chi connectivity index (χ0n) is 19.5. The lowest BCUT2D eigenvalue weighted by Gasteiger charge is -2.26. The van der Waals surface area contributed by atoms with Gasteiger partial charge in [0.2, 0.25) is 0 Å². The fourth-order valence-electron chi connectivity index (χ4n) is 4.04. The number of allylic oxidation sites excluding steroid dienone is 7. The molecular weight excluding hydrogens is 368 g/mol. The normalized spacial score (nSPS) is 15.0. The van der Waals surface area contributed by atoms with Gasteiger partial charge in [-0.25, -0.2) is 0 Å². The average Bonchev–Trinajstić information content (AvgIpc) is 2.60. The minimum absolute atomic E-state index is 0.650. The molecule has 29 heavy (non-hydrogen) atoms. The first-order valence-electron chi connectivity index (χ1n) is 11.2. The SMILES string of the molecule is C=C(C)c1cc(C/C=C(\C)S)c(C)c(CCC(C)C(CC=C(C)C)=C2CCC2)c1. The zero-order valence-corrected chi connectivity index (χ0v) is 20.4. The van der Waals surface area contributed by atoms with Gasteiger partial charge in [0.1, 0.15) is 0 Å². The molecule has 1 unspecified atom stereocenters. The van der Waals surface area contributed by atoms with Crippen molar-refractivity contribution in [3.8, 4) is 0 Å². The fraction of sp³-hybridized carbons (Fsp3) is 0.500. The van der Waals surface area contributed by atoms with Crippen LogP contribution in [0.1, 0.15) is 89.0 Å². The summed E-state index contributed by atoms with van der Waals surface area (Å²) in [6.07, 6.45) is 13.1. The van der Waals surface area contributed by atoms with Crippen LogP contribution in [0, 0.1) is 12.8 Å². The zero-order chi connectivity index (χ0) is 21.6. The molecule has 0 spiro atoms. The van der Waals surface area contributed by atoms with Crippen molar-refractivity contribution in [2.75, 3.05) is 0 Å². The van der Waals surface area contributed by atoms with Crippen LogP contribution in [0.4, 0.5) is 0 Å². The van der Waals surface area contributed by atoms with E-state index in [1.165, 1.54) is 53.5 Å². The minimum atomic E-state index is 0.650. The third-order valence-corrected chi connectivity index (χ3v) is 6.50. The summed E-state index contributed by atoms with van der Waals surface area (Å²) in [4.78, 5) is 1.08. The molecule has 0 bridgehead atoms. The second-order valence-corrected chi connectivity index (χ2v) is 9.86. The molecular formula is C28H40S. The van der Waals surface area contributed by atoms with E-state index in [0.717, 1.165) is 29.7 Å². The topological polar surface area (TPSA) is 0 Å². The molecule has 0 aliphatic heterocycles. The van der Waals surface area contributed by atoms with Crippen LogP contribution in [-0.2, 0) is 12.8 Å². The monoisotopic (exact) mass is 408 g/mol. The summed E-state index contributed by atoms with van der Waals surface area (Å²) in [5, 5.41) is 0. The molecule has 0 radical (unpaired) electrons. The van der Waals surface area contributed by atoms with Gasteiger partial charge in [0.05, 0.1) is 0 Å². The number of hydrogen-bond donors (Lipinski definition) is 1. The van der Waals surface area contributed by atoms with E-state index in [-0.39, 0.29) is 0 Å². The Hall–Kier alpha value is -1.47. The standard InChI is InChI=1S/C28H40S/c1-19(2)11-16-28(24-9-8-10-24)21(5)12-14-25-17-27(20(3)4)18-26(23(25)7)15-13-22(6)29/h11,13,17-18,21,29H,3,8-10,12,14-16H2,1-2,4-7H3/b22-13+. The second kappa shape index (κ2) is 11.1. The van der Waals surface area contributed by atoms with Crippen molar-refractivity contribution in [1.29, 1.82) is 0 Å². The van der Waals surface area contributed by atoms with Crippen molar-refractivity contribution < 1.29 is 0 Å². The summed E-state index contributed by atoms with van der Waals surface area (Å²) >= 11 is 4.45. The van der Waals surface area contributed by atoms with Gasteiger partial charge in [-0.2, -0.15) is 0 Å². The van der Waals surface area contributed by atoms with E-state index in [1.54, 1.807) is 11.1 Å². The van der Waals surface area contributed by atoms with Gasteiger partial charge in [-0.1, -0.05) is 60.1 Å². The summed E-state index contributed by atoms with van der Waals surface area (Å²) in [6, 6.07) is 4.69. The highest BCUT2D eigenvalue weighted by molar-refractivity contribution is 7.84. The average molecular weight is 409 g/mol. The minimum Gasteiger partial charge on any atom is -0.149 e. The van der Waals surface area contributed by atoms with Crippen LogP contribution in [-0.4, -0.2) is 0 Å². The Morgan fingerprint density at radius 2 is 1.76 bits per heavy atom. The van der Waals surface area contributed by atoms with Crippen LogP contribution in [0.25, 0.3) is 5.57 Å². The van der Waals surface area contributed by atoms with Gasteiger partial charge >= 0.3 is 0 Å². The van der Waals surface area contributed by atoms with Gasteiger partial charge in [0, 0.05) is 0 Å². The molecule has 1 saturated carbocycles. The van der Waals surface area contributed by atoms with Crippen molar-refractivity contribution in [3.63, 3.8) is 0 Å². The Labute approximate surface area is 185 Å². The van der Waals surface area contributed by atoms with Crippen molar-refractivity contribution >= 4 is 18.2 Å². The van der Waals surface area contributed by atoms with E-state index < -0.39 is 0 Å². The maximum absolute atomic E-state index is 4.45. The van der Waals surface area contributed by atoms with Gasteiger partial charge in [0.15, 0.2) is 0 Å². The number of thiol groups is 1. The van der Waals surface area contributed by atoms with Crippen molar-refractivity contribution in [1.82, 2.24) is 0 Å². The Morgan fingerprint density at radius 1 is 1.10 bits per heavy atom. The largest absolute Gasteiger partial charge is 0.149 e. The van der Waals surface area contributed by atoms with Crippen LogP contribution >= 0.6 is 12.6 Å². The highest BCUT2D eigenvalue weighted by Gasteiger charge is 2.19. The number of rotatable bonds is 9. The fourth-order valence-corrected chi connectivity index (χ4v) is 4.14. The molecule has 0 aromatic heterocycles. The predicted octanol–water partition coefficient (Wildman–Crippen LogP) is 8.81. The van der Waals surface area contributed by atoms with E-state index in [1.807, 2.05) is 6.92 Å². The van der Waals surface area contributed by atoms with Crippen LogP contribution in [0.2, 0.25) is 0 Å². The molecule has 1 heteroatoms. The molecule has 0 N–H and O–H groups in total. The lowest BCUT2D eigenvalue weighted by Crippen LogP contribution is -2.10. The second-order valence-electron chi connectivity index (χ2n) is 9.16. The number of aryl methyl sites for hydroxylation is 1. The van der Waals surface area contributed by atoms with Gasteiger partial charge in [-0.3, -0.25) is 0 Å². The number of hydrogen-bond acceptors (Lipinski definition) is 1. The maximum atomic E-state index is 4.45. The third-order valence-electron chi connectivity index (χ3n) is 6.32. The van der Waals surface area contributed by atoms with Gasteiger partial charge in [-0.15, -0.1) is 12.6 Å². The Kier molecular flexibility index (Phi) is 9.08. The molecule has 0 heterocycles. The summed E-state index contributed by atoms with van der Waals surface area (Å²) in [5.41, 5.74) is 11.6. The van der Waals surface area contributed by atoms with E-state index in [0.29, 0.717) is 5.92 Å². The maximum Gasteiger partial charge on any atom is -0.00838 e. The third kappa shape index (κ3) is 7.07. The summed E-state index contributed by atoms with van der Waals surface area (Å²) in [7, 11) is 0. The van der Waals surface area contributed by atoms with E-state index in [2.05, 4.69) is 78.1 Å². The lowest BCUT2D eigenvalue weighted by atomic mass is 9.79. The van der Waals surface area contributed by atoms with Crippen LogP contribution < -0.4 is 0 Å². The van der Waals surface area contributed by atoms with Crippen molar-refractivity contribution in [2.45, 2.75) is 86.5 Å². The van der Waals surface area contributed by atoms with E-state index >= 15 is 0 Å². The lowest BCUT2D eigenvalue weighted by molar-refractivity contribution is 0.555. The van der Waals surface area contributed by atoms with Crippen molar-refractivity contribution in [2.24, 2.45) is 5.92 Å². The Balaban J connectivity index is 2.22. The first-order valence-corrected chi connectivity index (χ1v) is 11.6. The molecule has 158 valence electrons. The Morgan fingerprint density at radius 3 is 2.28 bits per heavy atom. The summed E-state index contributed by atoms with van der Waals surface area (Å²) < 4.78 is 0. The summed E-state index contributed by atoms with van der Waals surface area (Å²) in [5.74, 6) is 0.650. The van der Waals surface area contributed by atoms with Crippen LogP contribution in [0.3, 0.4) is 0 Å². The van der Waals surface area contributed by atoms with Gasteiger partial charge < -0.3 is 0 Å². The van der Waals surface area contributed by atoms with E-state index in [9.17, 15) is 0 Å². The molecule has 2 rings (SSSR count). The number of benzene rings is 1. The van der Waals surface area contributed by atoms with Crippen LogP contribution in [0.15, 0.2) is 52.5 Å².